The summed E-state index contributed by atoms with van der Waals surface area (Å²) < 4.78 is 26.5. The van der Waals surface area contributed by atoms with Crippen LogP contribution in [0.2, 0.25) is 0 Å². The lowest BCUT2D eigenvalue weighted by molar-refractivity contribution is 0.0655. The summed E-state index contributed by atoms with van der Waals surface area (Å²) in [6.07, 6.45) is 0. The number of carbonyl (C=O) groups is 1. The van der Waals surface area contributed by atoms with E-state index in [1.807, 2.05) is 20.8 Å². The summed E-state index contributed by atoms with van der Waals surface area (Å²) in [4.78, 5) is 14.6. The molecule has 1 saturated heterocycles. The van der Waals surface area contributed by atoms with Gasteiger partial charge in [0.2, 0.25) is 10.0 Å². The standard InChI is InChI=1S/C16H25N3O3S/c1-12(2)18(4)23(21,22)15-7-5-6-14(10-15)16(20)19-9-8-17-11-13(19)3/h5-7,10,12-13,17H,8-9,11H2,1-4H3. The first-order valence-electron chi connectivity index (χ1n) is 7.85. The van der Waals surface area contributed by atoms with Crippen LogP contribution >= 0.6 is 0 Å². The van der Waals surface area contributed by atoms with Crippen LogP contribution in [-0.4, -0.2) is 62.3 Å². The van der Waals surface area contributed by atoms with Gasteiger partial charge in [0.15, 0.2) is 0 Å². The van der Waals surface area contributed by atoms with Gasteiger partial charge < -0.3 is 10.2 Å². The lowest BCUT2D eigenvalue weighted by Crippen LogP contribution is -2.52. The number of rotatable bonds is 4. The second-order valence-corrected chi connectivity index (χ2v) is 8.19. The van der Waals surface area contributed by atoms with E-state index in [2.05, 4.69) is 5.32 Å². The molecule has 0 bridgehead atoms. The maximum atomic E-state index is 12.7. The SMILES string of the molecule is CC1CNCCN1C(=O)c1cccc(S(=O)(=O)N(C)C(C)C)c1. The van der Waals surface area contributed by atoms with Crippen LogP contribution in [0.15, 0.2) is 29.2 Å². The monoisotopic (exact) mass is 339 g/mol. The molecule has 0 radical (unpaired) electrons. The summed E-state index contributed by atoms with van der Waals surface area (Å²) in [5.41, 5.74) is 0.414. The largest absolute Gasteiger partial charge is 0.333 e. The molecule has 2 rings (SSSR count). The van der Waals surface area contributed by atoms with Gasteiger partial charge in [0.05, 0.1) is 4.90 Å². The van der Waals surface area contributed by atoms with E-state index in [1.54, 1.807) is 24.1 Å². The molecule has 1 aromatic rings. The Labute approximate surface area is 138 Å². The average molecular weight is 339 g/mol. The van der Waals surface area contributed by atoms with Crippen molar-refractivity contribution >= 4 is 15.9 Å². The van der Waals surface area contributed by atoms with Gasteiger partial charge in [0.1, 0.15) is 0 Å². The quantitative estimate of drug-likeness (QED) is 0.893. The van der Waals surface area contributed by atoms with Crippen LogP contribution in [0.25, 0.3) is 0 Å². The Morgan fingerprint density at radius 3 is 2.70 bits per heavy atom. The predicted molar refractivity (Wildman–Crippen MR) is 89.9 cm³/mol. The smallest absolute Gasteiger partial charge is 0.254 e. The molecule has 1 atom stereocenters. The molecular weight excluding hydrogens is 314 g/mol. The molecule has 1 fully saturated rings. The first kappa shape index (κ1) is 17.9. The number of amides is 1. The topological polar surface area (TPSA) is 69.7 Å². The van der Waals surface area contributed by atoms with Crippen LogP contribution in [-0.2, 0) is 10.0 Å². The van der Waals surface area contributed by atoms with E-state index in [1.165, 1.54) is 16.4 Å². The van der Waals surface area contributed by atoms with Crippen LogP contribution in [0.3, 0.4) is 0 Å². The molecule has 23 heavy (non-hydrogen) atoms. The van der Waals surface area contributed by atoms with E-state index in [0.29, 0.717) is 12.1 Å². The number of benzene rings is 1. The van der Waals surface area contributed by atoms with Gasteiger partial charge in [0, 0.05) is 44.3 Å². The van der Waals surface area contributed by atoms with Crippen molar-refractivity contribution in [2.45, 2.75) is 37.8 Å². The highest BCUT2D eigenvalue weighted by atomic mass is 32.2. The highest BCUT2D eigenvalue weighted by Gasteiger charge is 2.27. The number of hydrogen-bond acceptors (Lipinski definition) is 4. The molecule has 1 aliphatic heterocycles. The van der Waals surface area contributed by atoms with Crippen LogP contribution in [0, 0.1) is 0 Å². The molecule has 1 aromatic carbocycles. The second-order valence-electron chi connectivity index (χ2n) is 6.19. The van der Waals surface area contributed by atoms with Gasteiger partial charge in [-0.2, -0.15) is 4.31 Å². The zero-order valence-electron chi connectivity index (χ0n) is 14.1. The summed E-state index contributed by atoms with van der Waals surface area (Å²) >= 11 is 0. The number of hydrogen-bond donors (Lipinski definition) is 1. The maximum absolute atomic E-state index is 12.7. The predicted octanol–water partition coefficient (Wildman–Crippen LogP) is 1.15. The van der Waals surface area contributed by atoms with E-state index in [0.717, 1.165) is 13.1 Å². The molecule has 0 spiro atoms. The summed E-state index contributed by atoms with van der Waals surface area (Å²) in [7, 11) is -2.04. The summed E-state index contributed by atoms with van der Waals surface area (Å²) in [6, 6.07) is 6.26. The molecule has 1 heterocycles. The zero-order valence-corrected chi connectivity index (χ0v) is 14.9. The van der Waals surface area contributed by atoms with Gasteiger partial charge in [-0.3, -0.25) is 4.79 Å². The number of sulfonamides is 1. The lowest BCUT2D eigenvalue weighted by Gasteiger charge is -2.34. The van der Waals surface area contributed by atoms with E-state index in [-0.39, 0.29) is 22.9 Å². The Morgan fingerprint density at radius 1 is 1.39 bits per heavy atom. The normalized spacial score (nSPS) is 19.4. The van der Waals surface area contributed by atoms with Gasteiger partial charge >= 0.3 is 0 Å². The number of carbonyl (C=O) groups excluding carboxylic acids is 1. The summed E-state index contributed by atoms with van der Waals surface area (Å²) in [5, 5.41) is 3.24. The molecular formula is C16H25N3O3S. The summed E-state index contributed by atoms with van der Waals surface area (Å²) in [6.45, 7) is 7.74. The maximum Gasteiger partial charge on any atom is 0.254 e. The lowest BCUT2D eigenvalue weighted by atomic mass is 10.1. The van der Waals surface area contributed by atoms with E-state index in [4.69, 9.17) is 0 Å². The molecule has 1 aliphatic rings. The Morgan fingerprint density at radius 2 is 2.09 bits per heavy atom. The Bertz CT molecular complexity index is 673. The highest BCUT2D eigenvalue weighted by Crippen LogP contribution is 2.19. The van der Waals surface area contributed by atoms with Crippen molar-refractivity contribution in [2.75, 3.05) is 26.7 Å². The van der Waals surface area contributed by atoms with Gasteiger partial charge in [-0.25, -0.2) is 8.42 Å². The molecule has 0 aromatic heterocycles. The Hall–Kier alpha value is -1.44. The molecule has 6 nitrogen and oxygen atoms in total. The van der Waals surface area contributed by atoms with Crippen LogP contribution in [0.4, 0.5) is 0 Å². The van der Waals surface area contributed by atoms with Gasteiger partial charge in [-0.05, 0) is 39.0 Å². The van der Waals surface area contributed by atoms with Crippen LogP contribution < -0.4 is 5.32 Å². The third kappa shape index (κ3) is 3.73. The fourth-order valence-corrected chi connectivity index (χ4v) is 3.96. The van der Waals surface area contributed by atoms with Crippen molar-refractivity contribution < 1.29 is 13.2 Å². The first-order valence-corrected chi connectivity index (χ1v) is 9.29. The third-order valence-electron chi connectivity index (χ3n) is 4.25. The average Bonchev–Trinajstić information content (AvgIpc) is 2.54. The molecule has 0 saturated carbocycles. The highest BCUT2D eigenvalue weighted by molar-refractivity contribution is 7.89. The van der Waals surface area contributed by atoms with Crippen molar-refractivity contribution in [1.29, 1.82) is 0 Å². The van der Waals surface area contributed by atoms with Crippen molar-refractivity contribution in [3.63, 3.8) is 0 Å². The van der Waals surface area contributed by atoms with Crippen LogP contribution in [0.5, 0.6) is 0 Å². The number of nitrogens with one attached hydrogen (secondary N) is 1. The molecule has 1 unspecified atom stereocenters. The second kappa shape index (κ2) is 6.98. The first-order chi connectivity index (χ1) is 10.7. The number of nitrogens with zero attached hydrogens (tertiary/aromatic N) is 2. The van der Waals surface area contributed by atoms with Gasteiger partial charge in [-0.1, -0.05) is 6.07 Å². The molecule has 1 N–H and O–H groups in total. The fourth-order valence-electron chi connectivity index (χ4n) is 2.54. The van der Waals surface area contributed by atoms with Gasteiger partial charge in [-0.15, -0.1) is 0 Å². The molecule has 7 heteroatoms. The Balaban J connectivity index is 2.31. The number of piperazine rings is 1. The van der Waals surface area contributed by atoms with Crippen molar-refractivity contribution in [2.24, 2.45) is 0 Å². The zero-order chi connectivity index (χ0) is 17.2. The minimum atomic E-state index is -3.59. The van der Waals surface area contributed by atoms with Crippen molar-refractivity contribution in [3.8, 4) is 0 Å². The van der Waals surface area contributed by atoms with Gasteiger partial charge in [0.25, 0.3) is 5.91 Å². The van der Waals surface area contributed by atoms with E-state index < -0.39 is 10.0 Å². The molecule has 128 valence electrons. The molecule has 0 aliphatic carbocycles. The summed E-state index contributed by atoms with van der Waals surface area (Å²) in [5.74, 6) is -0.122. The molecule has 1 amide bonds. The fraction of sp³-hybridized carbons (Fsp3) is 0.562. The van der Waals surface area contributed by atoms with Crippen LogP contribution in [0.1, 0.15) is 31.1 Å². The van der Waals surface area contributed by atoms with Crippen molar-refractivity contribution in [3.05, 3.63) is 29.8 Å². The van der Waals surface area contributed by atoms with Crippen molar-refractivity contribution in [1.82, 2.24) is 14.5 Å². The van der Waals surface area contributed by atoms with E-state index >= 15 is 0 Å². The van der Waals surface area contributed by atoms with E-state index in [9.17, 15) is 13.2 Å². The minimum Gasteiger partial charge on any atom is -0.333 e. The Kier molecular flexibility index (Phi) is 5.44. The minimum absolute atomic E-state index is 0.0925. The third-order valence-corrected chi connectivity index (χ3v) is 6.28.